The molecule has 4 nitrogen and oxygen atoms in total. The lowest BCUT2D eigenvalue weighted by molar-refractivity contribution is 0.318. The predicted molar refractivity (Wildman–Crippen MR) is 135 cm³/mol. The van der Waals surface area contributed by atoms with Crippen molar-refractivity contribution in [3.8, 4) is 5.75 Å². The van der Waals surface area contributed by atoms with Crippen molar-refractivity contribution in [1.29, 1.82) is 0 Å². The maximum atomic E-state index is 11.6. The van der Waals surface area contributed by atoms with Gasteiger partial charge < -0.3 is 22.3 Å². The molecule has 7 N–H and O–H groups in total. The van der Waals surface area contributed by atoms with Crippen molar-refractivity contribution < 1.29 is 5.11 Å². The predicted octanol–water partition coefficient (Wildman–Crippen LogP) is 6.65. The van der Waals surface area contributed by atoms with E-state index < -0.39 is 16.6 Å². The summed E-state index contributed by atoms with van der Waals surface area (Å²) in [4.78, 5) is 0. The maximum absolute atomic E-state index is 11.6. The van der Waals surface area contributed by atoms with Crippen LogP contribution in [-0.2, 0) is 16.6 Å². The first-order chi connectivity index (χ1) is 14.6. The van der Waals surface area contributed by atoms with E-state index in [2.05, 4.69) is 53.7 Å². The first-order valence-corrected chi connectivity index (χ1v) is 12.9. The van der Waals surface area contributed by atoms with Gasteiger partial charge in [0.25, 0.3) is 0 Å². The van der Waals surface area contributed by atoms with Crippen molar-refractivity contribution in [2.75, 3.05) is 0 Å². The zero-order valence-corrected chi connectivity index (χ0v) is 21.3. The summed E-state index contributed by atoms with van der Waals surface area (Å²) >= 11 is 0. The molecule has 0 aliphatic rings. The fraction of sp³-hybridized carbons (Fsp3) is 0.778. The Morgan fingerprint density at radius 1 is 0.548 bits per heavy atom. The van der Waals surface area contributed by atoms with Gasteiger partial charge in [-0.05, 0) is 56.2 Å². The van der Waals surface area contributed by atoms with Crippen LogP contribution in [0.3, 0.4) is 0 Å². The normalized spacial score (nSPS) is 13.1. The zero-order chi connectivity index (χ0) is 23.7. The average Bonchev–Trinajstić information content (AvgIpc) is 2.69. The molecule has 0 fully saturated rings. The molecule has 1 rings (SSSR count). The topological polar surface area (TPSA) is 98.3 Å². The number of aromatic hydroxyl groups is 1. The lowest BCUT2D eigenvalue weighted by atomic mass is 9.72. The van der Waals surface area contributed by atoms with E-state index in [1.807, 2.05) is 0 Å². The number of hydrogen-bond acceptors (Lipinski definition) is 4. The molecular weight excluding hydrogens is 382 g/mol. The first-order valence-electron chi connectivity index (χ1n) is 12.9. The Morgan fingerprint density at radius 3 is 1.06 bits per heavy atom. The highest BCUT2D eigenvalue weighted by Crippen LogP contribution is 2.45. The van der Waals surface area contributed by atoms with Gasteiger partial charge >= 0.3 is 0 Å². The monoisotopic (exact) mass is 433 g/mol. The van der Waals surface area contributed by atoms with Gasteiger partial charge in [-0.3, -0.25) is 0 Å². The van der Waals surface area contributed by atoms with Gasteiger partial charge in [0.2, 0.25) is 0 Å². The van der Waals surface area contributed by atoms with E-state index in [0.29, 0.717) is 5.75 Å². The SMILES string of the molecule is CCCC(N)(CCC)c1cc(C(N)(CCC)CCC)c(O)c(C(N)(CCC)CCC)c1. The number of benzene rings is 1. The second-order valence-electron chi connectivity index (χ2n) is 9.89. The van der Waals surface area contributed by atoms with E-state index in [0.717, 1.165) is 93.7 Å². The lowest BCUT2D eigenvalue weighted by Crippen LogP contribution is -2.42. The maximum Gasteiger partial charge on any atom is 0.125 e. The molecule has 1 aromatic carbocycles. The molecule has 0 saturated carbocycles. The van der Waals surface area contributed by atoms with Gasteiger partial charge in [0.15, 0.2) is 0 Å². The van der Waals surface area contributed by atoms with Crippen LogP contribution in [0.2, 0.25) is 0 Å². The van der Waals surface area contributed by atoms with Crippen LogP contribution in [0.5, 0.6) is 5.75 Å². The molecule has 0 aliphatic carbocycles. The zero-order valence-electron chi connectivity index (χ0n) is 21.3. The van der Waals surface area contributed by atoms with Crippen LogP contribution in [0.4, 0.5) is 0 Å². The van der Waals surface area contributed by atoms with E-state index in [-0.39, 0.29) is 0 Å². The minimum absolute atomic E-state index is 0.299. The summed E-state index contributed by atoms with van der Waals surface area (Å²) in [6.07, 6.45) is 11.0. The Morgan fingerprint density at radius 2 is 0.806 bits per heavy atom. The number of phenols is 1. The van der Waals surface area contributed by atoms with E-state index in [9.17, 15) is 5.11 Å². The van der Waals surface area contributed by atoms with Crippen LogP contribution in [0.1, 0.15) is 135 Å². The second-order valence-corrected chi connectivity index (χ2v) is 9.89. The molecule has 0 atom stereocenters. The summed E-state index contributed by atoms with van der Waals surface area (Å²) in [5.74, 6) is 0.299. The number of hydrogen-bond donors (Lipinski definition) is 4. The molecule has 0 unspecified atom stereocenters. The van der Waals surface area contributed by atoms with Crippen molar-refractivity contribution in [3.63, 3.8) is 0 Å². The van der Waals surface area contributed by atoms with Gasteiger partial charge in [0.05, 0.1) is 0 Å². The average molecular weight is 434 g/mol. The lowest BCUT2D eigenvalue weighted by Gasteiger charge is -2.38. The number of phenolic OH excluding ortho intramolecular Hbond substituents is 1. The molecule has 0 amide bonds. The Bertz CT molecular complexity index is 609. The minimum atomic E-state index is -0.572. The van der Waals surface area contributed by atoms with Crippen molar-refractivity contribution in [1.82, 2.24) is 0 Å². The molecule has 0 heterocycles. The molecule has 0 saturated heterocycles. The van der Waals surface area contributed by atoms with Crippen LogP contribution < -0.4 is 17.2 Å². The Hall–Kier alpha value is -1.10. The standard InChI is InChI=1S/C27H51N3O/c1-7-13-25(28,14-8-2)21-19-22(26(29,15-9-3)16-10-4)24(31)23(20-21)27(30,17-11-5)18-12-6/h19-20,31H,7-18,28-30H2,1-6H3. The molecule has 4 heteroatoms. The van der Waals surface area contributed by atoms with Gasteiger partial charge in [-0.15, -0.1) is 0 Å². The molecule has 31 heavy (non-hydrogen) atoms. The highest BCUT2D eigenvalue weighted by Gasteiger charge is 2.38. The molecular formula is C27H51N3O. The van der Waals surface area contributed by atoms with Gasteiger partial charge in [0, 0.05) is 27.7 Å². The van der Waals surface area contributed by atoms with Crippen molar-refractivity contribution in [2.45, 2.75) is 135 Å². The molecule has 0 aromatic heterocycles. The molecule has 180 valence electrons. The Balaban J connectivity index is 3.93. The minimum Gasteiger partial charge on any atom is -0.507 e. The largest absolute Gasteiger partial charge is 0.507 e. The van der Waals surface area contributed by atoms with Gasteiger partial charge in [-0.1, -0.05) is 80.1 Å². The summed E-state index contributed by atoms with van der Waals surface area (Å²) < 4.78 is 0. The fourth-order valence-electron chi connectivity index (χ4n) is 5.56. The van der Waals surface area contributed by atoms with Crippen molar-refractivity contribution in [3.05, 3.63) is 28.8 Å². The van der Waals surface area contributed by atoms with Gasteiger partial charge in [0.1, 0.15) is 5.75 Å². The van der Waals surface area contributed by atoms with E-state index >= 15 is 0 Å². The number of nitrogens with two attached hydrogens (primary N) is 3. The highest BCUT2D eigenvalue weighted by atomic mass is 16.3. The summed E-state index contributed by atoms with van der Waals surface area (Å²) in [5.41, 5.74) is 22.3. The summed E-state index contributed by atoms with van der Waals surface area (Å²) in [6.45, 7) is 13.0. The van der Waals surface area contributed by atoms with E-state index in [4.69, 9.17) is 17.2 Å². The Kier molecular flexibility index (Phi) is 11.0. The highest BCUT2D eigenvalue weighted by molar-refractivity contribution is 5.52. The Labute approximate surface area is 192 Å². The van der Waals surface area contributed by atoms with E-state index in [1.165, 1.54) is 0 Å². The fourth-order valence-corrected chi connectivity index (χ4v) is 5.56. The molecule has 0 aliphatic heterocycles. The summed E-state index contributed by atoms with van der Waals surface area (Å²) in [5, 5.41) is 11.6. The third-order valence-electron chi connectivity index (χ3n) is 6.93. The summed E-state index contributed by atoms with van der Waals surface area (Å²) in [7, 11) is 0. The quantitative estimate of drug-likeness (QED) is 0.249. The summed E-state index contributed by atoms with van der Waals surface area (Å²) in [6, 6.07) is 4.24. The molecule has 0 radical (unpaired) electrons. The van der Waals surface area contributed by atoms with Gasteiger partial charge in [-0.2, -0.15) is 0 Å². The third kappa shape index (κ3) is 6.46. The van der Waals surface area contributed by atoms with Crippen molar-refractivity contribution in [2.24, 2.45) is 17.2 Å². The van der Waals surface area contributed by atoms with Crippen LogP contribution in [0.25, 0.3) is 0 Å². The van der Waals surface area contributed by atoms with Crippen molar-refractivity contribution >= 4 is 0 Å². The van der Waals surface area contributed by atoms with Crippen LogP contribution >= 0.6 is 0 Å². The molecule has 1 aromatic rings. The molecule has 0 spiro atoms. The van der Waals surface area contributed by atoms with Crippen LogP contribution in [0.15, 0.2) is 12.1 Å². The number of rotatable bonds is 15. The second kappa shape index (κ2) is 12.2. The van der Waals surface area contributed by atoms with E-state index in [1.54, 1.807) is 0 Å². The molecule has 0 bridgehead atoms. The van der Waals surface area contributed by atoms with Gasteiger partial charge in [-0.25, -0.2) is 0 Å². The van der Waals surface area contributed by atoms with Crippen LogP contribution in [0, 0.1) is 0 Å². The van der Waals surface area contributed by atoms with Crippen LogP contribution in [-0.4, -0.2) is 5.11 Å². The third-order valence-corrected chi connectivity index (χ3v) is 6.93. The first kappa shape index (κ1) is 27.9. The smallest absolute Gasteiger partial charge is 0.125 e.